The number of aryl methyl sites for hydroxylation is 1. The molecule has 1 aromatic rings. The van der Waals surface area contributed by atoms with Crippen molar-refractivity contribution in [2.75, 3.05) is 0 Å². The van der Waals surface area contributed by atoms with Gasteiger partial charge in [0.25, 0.3) is 0 Å². The highest BCUT2D eigenvalue weighted by Crippen LogP contribution is 2.22. The van der Waals surface area contributed by atoms with Crippen LogP contribution in [0.15, 0.2) is 24.3 Å². The van der Waals surface area contributed by atoms with Crippen molar-refractivity contribution in [3.05, 3.63) is 35.4 Å². The molecule has 0 aliphatic heterocycles. The van der Waals surface area contributed by atoms with Gasteiger partial charge in [-0.25, -0.2) is 0 Å². The number of hydrogen-bond donors (Lipinski definition) is 2. The predicted octanol–water partition coefficient (Wildman–Crippen LogP) is 3.44. The lowest BCUT2D eigenvalue weighted by Gasteiger charge is -2.20. The van der Waals surface area contributed by atoms with Crippen LogP contribution >= 0.6 is 0 Å². The zero-order valence-corrected chi connectivity index (χ0v) is 12.7. The zero-order valence-electron chi connectivity index (χ0n) is 12.7. The molecule has 1 aromatic carbocycles. The van der Waals surface area contributed by atoms with Crippen molar-refractivity contribution in [1.29, 1.82) is 0 Å². The summed E-state index contributed by atoms with van der Waals surface area (Å²) in [6.45, 7) is 8.62. The first-order chi connectivity index (χ1) is 8.84. The van der Waals surface area contributed by atoms with E-state index in [1.165, 1.54) is 11.1 Å². The van der Waals surface area contributed by atoms with Gasteiger partial charge in [-0.05, 0) is 35.8 Å². The smallest absolute Gasteiger partial charge is 0.0802 e. The minimum Gasteiger partial charge on any atom is -0.390 e. The fraction of sp³-hybridized carbons (Fsp3) is 0.647. The molecule has 0 aliphatic carbocycles. The summed E-state index contributed by atoms with van der Waals surface area (Å²) in [6.07, 6.45) is 1.81. The second kappa shape index (κ2) is 7.06. The Balaban J connectivity index is 2.50. The normalized spacial score (nSPS) is 15.3. The molecule has 19 heavy (non-hydrogen) atoms. The van der Waals surface area contributed by atoms with Gasteiger partial charge in [0, 0.05) is 0 Å². The average Bonchev–Trinajstić information content (AvgIpc) is 2.35. The quantitative estimate of drug-likeness (QED) is 0.826. The van der Waals surface area contributed by atoms with Crippen molar-refractivity contribution in [3.8, 4) is 0 Å². The number of benzene rings is 1. The topological polar surface area (TPSA) is 40.5 Å². The molecule has 2 atom stereocenters. The molecule has 108 valence electrons. The minimum absolute atomic E-state index is 0.176. The van der Waals surface area contributed by atoms with Crippen LogP contribution in [0.3, 0.4) is 0 Å². The summed E-state index contributed by atoms with van der Waals surface area (Å²) < 4.78 is 0. The van der Waals surface area contributed by atoms with Gasteiger partial charge in [-0.1, -0.05) is 58.4 Å². The summed E-state index contributed by atoms with van der Waals surface area (Å²) >= 11 is 0. The second-order valence-electron chi connectivity index (χ2n) is 6.41. The lowest BCUT2D eigenvalue weighted by atomic mass is 9.86. The van der Waals surface area contributed by atoms with E-state index in [1.54, 1.807) is 0 Å². The molecular formula is C17H28O2. The minimum atomic E-state index is -0.609. The van der Waals surface area contributed by atoms with E-state index in [0.29, 0.717) is 12.8 Å². The van der Waals surface area contributed by atoms with E-state index in [2.05, 4.69) is 45.0 Å². The summed E-state index contributed by atoms with van der Waals surface area (Å²) in [6, 6.07) is 8.56. The Morgan fingerprint density at radius 2 is 1.47 bits per heavy atom. The van der Waals surface area contributed by atoms with Gasteiger partial charge in [-0.3, -0.25) is 0 Å². The molecule has 0 amide bonds. The Morgan fingerprint density at radius 3 is 1.95 bits per heavy atom. The van der Waals surface area contributed by atoms with Crippen molar-refractivity contribution >= 4 is 0 Å². The van der Waals surface area contributed by atoms with Crippen LogP contribution in [-0.2, 0) is 11.8 Å². The van der Waals surface area contributed by atoms with Gasteiger partial charge in [0.2, 0.25) is 0 Å². The number of hydrogen-bond acceptors (Lipinski definition) is 2. The highest BCUT2D eigenvalue weighted by molar-refractivity contribution is 5.27. The van der Waals surface area contributed by atoms with Crippen LogP contribution in [0.4, 0.5) is 0 Å². The lowest BCUT2D eigenvalue weighted by Crippen LogP contribution is -2.26. The van der Waals surface area contributed by atoms with E-state index >= 15 is 0 Å². The van der Waals surface area contributed by atoms with Gasteiger partial charge in [-0.2, -0.15) is 0 Å². The second-order valence-corrected chi connectivity index (χ2v) is 6.41. The SMILES string of the molecule is CCCC(O)C(O)CCc1ccc(C(C)(C)C)cc1. The Morgan fingerprint density at radius 1 is 0.947 bits per heavy atom. The molecule has 2 nitrogen and oxygen atoms in total. The largest absolute Gasteiger partial charge is 0.390 e. The molecule has 0 heterocycles. The first-order valence-corrected chi connectivity index (χ1v) is 7.30. The zero-order chi connectivity index (χ0) is 14.5. The van der Waals surface area contributed by atoms with E-state index in [1.807, 2.05) is 6.92 Å². The van der Waals surface area contributed by atoms with Gasteiger partial charge < -0.3 is 10.2 Å². The van der Waals surface area contributed by atoms with Crippen molar-refractivity contribution < 1.29 is 10.2 Å². The van der Waals surface area contributed by atoms with E-state index in [9.17, 15) is 10.2 Å². The highest BCUT2D eigenvalue weighted by atomic mass is 16.3. The molecule has 0 saturated heterocycles. The molecule has 2 heteroatoms. The van der Waals surface area contributed by atoms with Crippen LogP contribution in [-0.4, -0.2) is 22.4 Å². The molecule has 0 saturated carbocycles. The van der Waals surface area contributed by atoms with E-state index < -0.39 is 12.2 Å². The summed E-state index contributed by atoms with van der Waals surface area (Å²) in [5.74, 6) is 0. The molecule has 0 radical (unpaired) electrons. The number of aliphatic hydroxyl groups excluding tert-OH is 2. The fourth-order valence-corrected chi connectivity index (χ4v) is 2.17. The van der Waals surface area contributed by atoms with Gasteiger partial charge in [0.1, 0.15) is 0 Å². The molecule has 2 N–H and O–H groups in total. The van der Waals surface area contributed by atoms with Gasteiger partial charge in [0.05, 0.1) is 12.2 Å². The van der Waals surface area contributed by atoms with Crippen LogP contribution in [0, 0.1) is 0 Å². The van der Waals surface area contributed by atoms with Crippen molar-refractivity contribution in [2.24, 2.45) is 0 Å². The highest BCUT2D eigenvalue weighted by Gasteiger charge is 2.16. The number of aliphatic hydroxyl groups is 2. The lowest BCUT2D eigenvalue weighted by molar-refractivity contribution is 0.00981. The Kier molecular flexibility index (Phi) is 6.02. The maximum atomic E-state index is 9.84. The number of rotatable bonds is 6. The van der Waals surface area contributed by atoms with Gasteiger partial charge in [0.15, 0.2) is 0 Å². The average molecular weight is 264 g/mol. The summed E-state index contributed by atoms with van der Waals surface area (Å²) in [5.41, 5.74) is 2.72. The molecule has 0 bridgehead atoms. The van der Waals surface area contributed by atoms with Gasteiger partial charge in [-0.15, -0.1) is 0 Å². The third kappa shape index (κ3) is 5.33. The summed E-state index contributed by atoms with van der Waals surface area (Å²) in [4.78, 5) is 0. The first kappa shape index (κ1) is 16.2. The fourth-order valence-electron chi connectivity index (χ4n) is 2.17. The summed E-state index contributed by atoms with van der Waals surface area (Å²) in [7, 11) is 0. The van der Waals surface area contributed by atoms with E-state index in [-0.39, 0.29) is 5.41 Å². The third-order valence-corrected chi connectivity index (χ3v) is 3.58. The van der Waals surface area contributed by atoms with E-state index in [0.717, 1.165) is 12.8 Å². The third-order valence-electron chi connectivity index (χ3n) is 3.58. The van der Waals surface area contributed by atoms with Crippen LogP contribution in [0.25, 0.3) is 0 Å². The molecule has 0 spiro atoms. The molecular weight excluding hydrogens is 236 g/mol. The van der Waals surface area contributed by atoms with Crippen LogP contribution in [0.2, 0.25) is 0 Å². The Bertz CT molecular complexity index is 362. The van der Waals surface area contributed by atoms with Crippen LogP contribution < -0.4 is 0 Å². The molecule has 0 fully saturated rings. The van der Waals surface area contributed by atoms with E-state index in [4.69, 9.17) is 0 Å². The van der Waals surface area contributed by atoms with Crippen molar-refractivity contribution in [3.63, 3.8) is 0 Å². The molecule has 1 rings (SSSR count). The Hall–Kier alpha value is -0.860. The van der Waals surface area contributed by atoms with Gasteiger partial charge >= 0.3 is 0 Å². The van der Waals surface area contributed by atoms with Crippen molar-refractivity contribution in [1.82, 2.24) is 0 Å². The summed E-state index contributed by atoms with van der Waals surface area (Å²) in [5, 5.41) is 19.5. The monoisotopic (exact) mass is 264 g/mol. The van der Waals surface area contributed by atoms with Crippen molar-refractivity contribution in [2.45, 2.75) is 71.0 Å². The van der Waals surface area contributed by atoms with Crippen LogP contribution in [0.1, 0.15) is 58.1 Å². The molecule has 2 unspecified atom stereocenters. The molecule has 0 aliphatic rings. The first-order valence-electron chi connectivity index (χ1n) is 7.30. The maximum absolute atomic E-state index is 9.84. The Labute approximate surface area is 117 Å². The molecule has 0 aromatic heterocycles. The maximum Gasteiger partial charge on any atom is 0.0802 e. The standard InChI is InChI=1S/C17H28O2/c1-5-6-15(18)16(19)12-9-13-7-10-14(11-8-13)17(2,3)4/h7-8,10-11,15-16,18-19H,5-6,9,12H2,1-4H3. The van der Waals surface area contributed by atoms with Crippen LogP contribution in [0.5, 0.6) is 0 Å². The predicted molar refractivity (Wildman–Crippen MR) is 80.4 cm³/mol.